The van der Waals surface area contributed by atoms with Crippen molar-refractivity contribution in [2.45, 2.75) is 17.8 Å². The van der Waals surface area contributed by atoms with Crippen LogP contribution >= 0.6 is 23.1 Å². The minimum atomic E-state index is 0.702. The zero-order valence-electron chi connectivity index (χ0n) is 10.8. The Labute approximate surface area is 120 Å². The highest BCUT2D eigenvalue weighted by Crippen LogP contribution is 2.30. The first-order valence-electron chi connectivity index (χ1n) is 5.98. The fraction of sp³-hybridized carbons (Fsp3) is 0.214. The summed E-state index contributed by atoms with van der Waals surface area (Å²) in [7, 11) is 0. The van der Waals surface area contributed by atoms with Gasteiger partial charge in [0.2, 0.25) is 0 Å². The topological polar surface area (TPSA) is 38.1 Å². The summed E-state index contributed by atoms with van der Waals surface area (Å²) >= 11 is 3.41. The minimum absolute atomic E-state index is 0.702. The van der Waals surface area contributed by atoms with Crippen molar-refractivity contribution in [3.63, 3.8) is 0 Å². The molecule has 1 aromatic carbocycles. The second-order valence-electron chi connectivity index (χ2n) is 4.23. The molecule has 0 fully saturated rings. The Morgan fingerprint density at radius 3 is 2.95 bits per heavy atom. The average Bonchev–Trinajstić information content (AvgIpc) is 3.01. The van der Waals surface area contributed by atoms with Crippen molar-refractivity contribution >= 4 is 39.0 Å². The molecule has 0 saturated carbocycles. The van der Waals surface area contributed by atoms with Crippen LogP contribution in [-0.4, -0.2) is 11.2 Å². The molecule has 2 heterocycles. The van der Waals surface area contributed by atoms with Crippen molar-refractivity contribution in [2.24, 2.45) is 0 Å². The lowest BCUT2D eigenvalue weighted by Crippen LogP contribution is -1.97. The van der Waals surface area contributed by atoms with Gasteiger partial charge in [0.05, 0.1) is 16.8 Å². The number of hydrogen-bond acceptors (Lipinski definition) is 5. The zero-order valence-corrected chi connectivity index (χ0v) is 12.4. The van der Waals surface area contributed by atoms with Crippen LogP contribution in [0.2, 0.25) is 0 Å². The molecule has 0 spiro atoms. The number of fused-ring (bicyclic) bond motifs is 1. The molecular formula is C14H14N2OS2. The van der Waals surface area contributed by atoms with Crippen molar-refractivity contribution in [3.05, 3.63) is 41.9 Å². The lowest BCUT2D eigenvalue weighted by Gasteiger charge is -2.03. The lowest BCUT2D eigenvalue weighted by molar-refractivity contribution is 0.490. The number of nitrogens with zero attached hydrogens (tertiary/aromatic N) is 1. The minimum Gasteiger partial charge on any atom is -0.465 e. The molecule has 0 saturated heterocycles. The average molecular weight is 290 g/mol. The summed E-state index contributed by atoms with van der Waals surface area (Å²) in [5, 5.41) is 3.37. The molecule has 3 rings (SSSR count). The smallest absolute Gasteiger partial charge is 0.150 e. The van der Waals surface area contributed by atoms with E-state index in [0.717, 1.165) is 27.1 Å². The molecule has 5 heteroatoms. The molecular weight excluding hydrogens is 276 g/mol. The van der Waals surface area contributed by atoms with E-state index in [1.807, 2.05) is 19.1 Å². The van der Waals surface area contributed by atoms with Crippen LogP contribution in [-0.2, 0) is 6.54 Å². The number of thiazole rings is 1. The van der Waals surface area contributed by atoms with Gasteiger partial charge in [-0.25, -0.2) is 4.98 Å². The third kappa shape index (κ3) is 2.77. The maximum Gasteiger partial charge on any atom is 0.150 e. The summed E-state index contributed by atoms with van der Waals surface area (Å²) in [5.41, 5.74) is 2.16. The van der Waals surface area contributed by atoms with Crippen molar-refractivity contribution in [3.8, 4) is 0 Å². The zero-order chi connectivity index (χ0) is 13.2. The number of furan rings is 1. The third-order valence-electron chi connectivity index (χ3n) is 2.81. The fourth-order valence-electron chi connectivity index (χ4n) is 1.87. The van der Waals surface area contributed by atoms with Crippen LogP contribution in [0.5, 0.6) is 0 Å². The van der Waals surface area contributed by atoms with Crippen molar-refractivity contribution < 1.29 is 4.42 Å². The molecule has 0 unspecified atom stereocenters. The molecule has 98 valence electrons. The molecule has 3 nitrogen and oxygen atoms in total. The summed E-state index contributed by atoms with van der Waals surface area (Å²) in [6.45, 7) is 2.66. The monoisotopic (exact) mass is 290 g/mol. The largest absolute Gasteiger partial charge is 0.465 e. The first-order valence-corrected chi connectivity index (χ1v) is 8.02. The summed E-state index contributed by atoms with van der Waals surface area (Å²) in [4.78, 5) is 4.53. The van der Waals surface area contributed by atoms with Crippen LogP contribution in [0.15, 0.2) is 39.1 Å². The Kier molecular flexibility index (Phi) is 3.48. The van der Waals surface area contributed by atoms with Gasteiger partial charge < -0.3 is 9.73 Å². The molecule has 0 radical (unpaired) electrons. The van der Waals surface area contributed by atoms with Crippen LogP contribution in [0.3, 0.4) is 0 Å². The Balaban J connectivity index is 1.77. The highest BCUT2D eigenvalue weighted by molar-refractivity contribution is 8.00. The van der Waals surface area contributed by atoms with Crippen molar-refractivity contribution in [1.29, 1.82) is 0 Å². The molecule has 3 aromatic rings. The first-order chi connectivity index (χ1) is 9.24. The van der Waals surface area contributed by atoms with Crippen LogP contribution in [0.1, 0.15) is 11.5 Å². The van der Waals surface area contributed by atoms with Gasteiger partial charge in [0.15, 0.2) is 4.34 Å². The van der Waals surface area contributed by atoms with E-state index in [1.54, 1.807) is 23.1 Å². The molecule has 0 aliphatic heterocycles. The van der Waals surface area contributed by atoms with Gasteiger partial charge in [-0.05, 0) is 43.5 Å². The first kappa shape index (κ1) is 12.6. The van der Waals surface area contributed by atoms with Crippen LogP contribution in [0.4, 0.5) is 5.69 Å². The van der Waals surface area contributed by atoms with Gasteiger partial charge in [0.1, 0.15) is 11.5 Å². The Morgan fingerprint density at radius 1 is 1.32 bits per heavy atom. The van der Waals surface area contributed by atoms with Crippen molar-refractivity contribution in [2.75, 3.05) is 11.6 Å². The van der Waals surface area contributed by atoms with Crippen LogP contribution in [0.25, 0.3) is 10.2 Å². The Bertz CT molecular complexity index is 702. The SMILES string of the molecule is CSc1nc2ccc(NCc3ccc(C)o3)cc2s1. The molecule has 0 aliphatic rings. The molecule has 1 N–H and O–H groups in total. The number of aryl methyl sites for hydroxylation is 1. The van der Waals surface area contributed by atoms with Crippen molar-refractivity contribution in [1.82, 2.24) is 4.98 Å². The van der Waals surface area contributed by atoms with E-state index in [4.69, 9.17) is 4.42 Å². The van der Waals surface area contributed by atoms with E-state index in [-0.39, 0.29) is 0 Å². The van der Waals surface area contributed by atoms with Crippen LogP contribution < -0.4 is 5.32 Å². The van der Waals surface area contributed by atoms with Crippen LogP contribution in [0, 0.1) is 6.92 Å². The van der Waals surface area contributed by atoms with E-state index in [2.05, 4.69) is 34.8 Å². The lowest BCUT2D eigenvalue weighted by atomic mass is 10.3. The predicted molar refractivity (Wildman–Crippen MR) is 82.2 cm³/mol. The number of benzene rings is 1. The number of aromatic nitrogens is 1. The van der Waals surface area contributed by atoms with E-state index < -0.39 is 0 Å². The summed E-state index contributed by atoms with van der Waals surface area (Å²) in [6, 6.07) is 10.2. The number of rotatable bonds is 4. The quantitative estimate of drug-likeness (QED) is 0.716. The Hall–Kier alpha value is -1.46. The number of anilines is 1. The summed E-state index contributed by atoms with van der Waals surface area (Å²) in [5.74, 6) is 1.89. The molecule has 0 atom stereocenters. The second kappa shape index (κ2) is 5.27. The number of thioether (sulfide) groups is 1. The van der Waals surface area contributed by atoms with E-state index in [1.165, 1.54) is 4.70 Å². The number of nitrogens with one attached hydrogen (secondary N) is 1. The highest BCUT2D eigenvalue weighted by atomic mass is 32.2. The fourth-order valence-corrected chi connectivity index (χ4v) is 3.40. The molecule has 19 heavy (non-hydrogen) atoms. The summed E-state index contributed by atoms with van der Waals surface area (Å²) in [6.07, 6.45) is 2.05. The van der Waals surface area contributed by atoms with E-state index in [0.29, 0.717) is 6.54 Å². The normalized spacial score (nSPS) is 11.1. The van der Waals surface area contributed by atoms with Gasteiger partial charge in [0, 0.05) is 5.69 Å². The molecule has 0 bridgehead atoms. The highest BCUT2D eigenvalue weighted by Gasteiger charge is 2.04. The predicted octanol–water partition coefficient (Wildman–Crippen LogP) is 4.53. The molecule has 0 aliphatic carbocycles. The van der Waals surface area contributed by atoms with Gasteiger partial charge in [-0.2, -0.15) is 0 Å². The standard InChI is InChI=1S/C14H14N2OS2/c1-9-3-5-11(17-9)8-15-10-4-6-12-13(7-10)19-14(16-12)18-2/h3-7,15H,8H2,1-2H3. The molecule has 2 aromatic heterocycles. The molecule has 0 amide bonds. The van der Waals surface area contributed by atoms with Gasteiger partial charge in [-0.1, -0.05) is 11.8 Å². The van der Waals surface area contributed by atoms with E-state index >= 15 is 0 Å². The second-order valence-corrected chi connectivity index (χ2v) is 6.32. The number of hydrogen-bond donors (Lipinski definition) is 1. The summed E-state index contributed by atoms with van der Waals surface area (Å²) < 4.78 is 7.86. The van der Waals surface area contributed by atoms with Gasteiger partial charge >= 0.3 is 0 Å². The third-order valence-corrected chi connectivity index (χ3v) is 4.81. The van der Waals surface area contributed by atoms with Gasteiger partial charge in [0.25, 0.3) is 0 Å². The van der Waals surface area contributed by atoms with E-state index in [9.17, 15) is 0 Å². The van der Waals surface area contributed by atoms with Gasteiger partial charge in [-0.3, -0.25) is 0 Å². The van der Waals surface area contributed by atoms with Gasteiger partial charge in [-0.15, -0.1) is 11.3 Å². The Morgan fingerprint density at radius 2 is 2.21 bits per heavy atom. The maximum absolute atomic E-state index is 5.54. The maximum atomic E-state index is 5.54.